The van der Waals surface area contributed by atoms with Gasteiger partial charge in [-0.2, -0.15) is 0 Å². The molecule has 0 unspecified atom stereocenters. The van der Waals surface area contributed by atoms with Crippen molar-refractivity contribution in [3.63, 3.8) is 0 Å². The number of anilines is 2. The first-order chi connectivity index (χ1) is 11.6. The molecule has 0 aliphatic carbocycles. The van der Waals surface area contributed by atoms with Gasteiger partial charge in [-0.15, -0.1) is 0 Å². The monoisotopic (exact) mass is 322 g/mol. The number of carbonyl (C=O) groups is 1. The van der Waals surface area contributed by atoms with Crippen molar-refractivity contribution >= 4 is 28.4 Å². The van der Waals surface area contributed by atoms with Crippen molar-refractivity contribution in [1.29, 1.82) is 0 Å². The number of carbonyl (C=O) groups excluding carboxylic acids is 1. The Morgan fingerprint density at radius 3 is 2.42 bits per heavy atom. The minimum absolute atomic E-state index is 0.415. The normalized spacial score (nSPS) is 10.5. The van der Waals surface area contributed by atoms with Crippen LogP contribution < -0.4 is 10.1 Å². The molecule has 0 aliphatic heterocycles. The molecule has 122 valence electrons. The number of nitrogens with one attached hydrogen (secondary N) is 1. The number of methoxy groups -OCH3 is 2. The molecule has 1 aromatic heterocycles. The van der Waals surface area contributed by atoms with E-state index >= 15 is 0 Å². The number of hydrogen-bond donors (Lipinski definition) is 1. The molecule has 24 heavy (non-hydrogen) atoms. The number of pyridine rings is 1. The van der Waals surface area contributed by atoms with Crippen molar-refractivity contribution in [2.24, 2.45) is 0 Å². The van der Waals surface area contributed by atoms with Gasteiger partial charge in [-0.3, -0.25) is 0 Å². The molecule has 0 aliphatic rings. The lowest BCUT2D eigenvalue weighted by Gasteiger charge is -2.14. The summed E-state index contributed by atoms with van der Waals surface area (Å²) in [7, 11) is 2.99. The van der Waals surface area contributed by atoms with Crippen LogP contribution in [0.5, 0.6) is 5.75 Å². The molecule has 0 saturated heterocycles. The fraction of sp³-hybridized carbons (Fsp3) is 0.158. The second kappa shape index (κ2) is 6.58. The van der Waals surface area contributed by atoms with Crippen molar-refractivity contribution in [3.05, 3.63) is 59.7 Å². The summed E-state index contributed by atoms with van der Waals surface area (Å²) >= 11 is 0. The van der Waals surface area contributed by atoms with Crippen LogP contribution in [0.15, 0.2) is 48.5 Å². The van der Waals surface area contributed by atoms with Gasteiger partial charge in [-0.1, -0.05) is 18.2 Å². The van der Waals surface area contributed by atoms with Crippen LogP contribution in [-0.4, -0.2) is 25.2 Å². The van der Waals surface area contributed by atoms with E-state index in [2.05, 4.69) is 10.3 Å². The molecule has 2 aromatic carbocycles. The molecule has 3 aromatic rings. The first kappa shape index (κ1) is 15.8. The highest BCUT2D eigenvalue weighted by Gasteiger charge is 2.19. The van der Waals surface area contributed by atoms with Crippen LogP contribution in [-0.2, 0) is 4.74 Å². The zero-order valence-electron chi connectivity index (χ0n) is 13.8. The molecule has 0 fully saturated rings. The van der Waals surface area contributed by atoms with Crippen LogP contribution in [0.4, 0.5) is 11.5 Å². The Hall–Kier alpha value is -3.08. The van der Waals surface area contributed by atoms with Gasteiger partial charge in [0, 0.05) is 11.1 Å². The van der Waals surface area contributed by atoms with Gasteiger partial charge >= 0.3 is 5.97 Å². The molecule has 0 saturated carbocycles. The molecule has 0 spiro atoms. The van der Waals surface area contributed by atoms with Crippen molar-refractivity contribution in [3.8, 4) is 5.75 Å². The first-order valence-electron chi connectivity index (χ1n) is 7.52. The van der Waals surface area contributed by atoms with Crippen LogP contribution >= 0.6 is 0 Å². The third kappa shape index (κ3) is 2.88. The molecule has 0 atom stereocenters. The van der Waals surface area contributed by atoms with Gasteiger partial charge in [0.2, 0.25) is 0 Å². The lowest BCUT2D eigenvalue weighted by molar-refractivity contribution is 0.0601. The quantitative estimate of drug-likeness (QED) is 0.733. The van der Waals surface area contributed by atoms with Crippen molar-refractivity contribution < 1.29 is 14.3 Å². The average molecular weight is 322 g/mol. The fourth-order valence-electron chi connectivity index (χ4n) is 2.63. The summed E-state index contributed by atoms with van der Waals surface area (Å²) in [6, 6.07) is 15.1. The lowest BCUT2D eigenvalue weighted by Crippen LogP contribution is -2.10. The smallest absolute Gasteiger partial charge is 0.341 e. The number of aryl methyl sites for hydroxylation is 1. The summed E-state index contributed by atoms with van der Waals surface area (Å²) in [5, 5.41) is 4.13. The van der Waals surface area contributed by atoms with Gasteiger partial charge in [0.25, 0.3) is 0 Å². The average Bonchev–Trinajstić information content (AvgIpc) is 2.62. The van der Waals surface area contributed by atoms with E-state index in [9.17, 15) is 4.79 Å². The predicted octanol–water partition coefficient (Wildman–Crippen LogP) is 4.08. The Labute approximate surface area is 140 Å². The standard InChI is InChI=1S/C19H18N2O3/c1-12-15-6-4-5-7-16(15)21-18(17(12)19(22)24-3)20-13-8-10-14(23-2)11-9-13/h4-11H,1-3H3,(H,20,21). The summed E-state index contributed by atoms with van der Waals surface area (Å²) in [6.07, 6.45) is 0. The third-order valence-corrected chi connectivity index (χ3v) is 3.89. The number of hydrogen-bond acceptors (Lipinski definition) is 5. The zero-order chi connectivity index (χ0) is 17.1. The minimum atomic E-state index is -0.415. The van der Waals surface area contributed by atoms with Crippen LogP contribution in [0.2, 0.25) is 0 Å². The number of esters is 1. The van der Waals surface area contributed by atoms with E-state index in [1.54, 1.807) is 7.11 Å². The lowest BCUT2D eigenvalue weighted by atomic mass is 10.0. The Kier molecular flexibility index (Phi) is 4.33. The van der Waals surface area contributed by atoms with Gasteiger partial charge in [-0.25, -0.2) is 9.78 Å². The van der Waals surface area contributed by atoms with E-state index < -0.39 is 5.97 Å². The molecule has 0 amide bonds. The molecule has 1 N–H and O–H groups in total. The topological polar surface area (TPSA) is 60.5 Å². The number of rotatable bonds is 4. The third-order valence-electron chi connectivity index (χ3n) is 3.89. The molecule has 0 radical (unpaired) electrons. The number of ether oxygens (including phenoxy) is 2. The van der Waals surface area contributed by atoms with Crippen LogP contribution in [0, 0.1) is 6.92 Å². The number of aromatic nitrogens is 1. The molecule has 5 nitrogen and oxygen atoms in total. The van der Waals surface area contributed by atoms with E-state index in [0.29, 0.717) is 11.4 Å². The highest BCUT2D eigenvalue weighted by molar-refractivity contribution is 6.02. The molecule has 3 rings (SSSR count). The van der Waals surface area contributed by atoms with Crippen molar-refractivity contribution in [2.45, 2.75) is 6.92 Å². The van der Waals surface area contributed by atoms with Gasteiger partial charge in [-0.05, 0) is 42.8 Å². The summed E-state index contributed by atoms with van der Waals surface area (Å²) < 4.78 is 10.1. The minimum Gasteiger partial charge on any atom is -0.497 e. The van der Waals surface area contributed by atoms with Gasteiger partial charge in [0.05, 0.1) is 19.7 Å². The van der Waals surface area contributed by atoms with Crippen molar-refractivity contribution in [2.75, 3.05) is 19.5 Å². The largest absolute Gasteiger partial charge is 0.497 e. The zero-order valence-corrected chi connectivity index (χ0v) is 13.8. The Bertz CT molecular complexity index is 889. The van der Waals surface area contributed by atoms with E-state index in [1.165, 1.54) is 7.11 Å². The maximum absolute atomic E-state index is 12.3. The maximum atomic E-state index is 12.3. The van der Waals surface area contributed by atoms with Crippen LogP contribution in [0.25, 0.3) is 10.9 Å². The van der Waals surface area contributed by atoms with E-state index in [-0.39, 0.29) is 0 Å². The predicted molar refractivity (Wildman–Crippen MR) is 94.1 cm³/mol. The van der Waals surface area contributed by atoms with Crippen LogP contribution in [0.1, 0.15) is 15.9 Å². The molecule has 0 bridgehead atoms. The molecular formula is C19H18N2O3. The summed E-state index contributed by atoms with van der Waals surface area (Å²) in [5.74, 6) is 0.821. The second-order valence-electron chi connectivity index (χ2n) is 5.32. The molecular weight excluding hydrogens is 304 g/mol. The summed E-state index contributed by atoms with van der Waals surface area (Å²) in [5.41, 5.74) is 2.90. The van der Waals surface area contributed by atoms with Gasteiger partial charge in [0.1, 0.15) is 17.1 Å². The Morgan fingerprint density at radius 2 is 1.75 bits per heavy atom. The molecule has 5 heteroatoms. The summed E-state index contributed by atoms with van der Waals surface area (Å²) in [6.45, 7) is 1.90. The van der Waals surface area contributed by atoms with Gasteiger partial charge < -0.3 is 14.8 Å². The SMILES string of the molecule is COC(=O)c1c(Nc2ccc(OC)cc2)nc2ccccc2c1C. The highest BCUT2D eigenvalue weighted by atomic mass is 16.5. The molecule has 1 heterocycles. The number of para-hydroxylation sites is 1. The number of nitrogens with zero attached hydrogens (tertiary/aromatic N) is 1. The van der Waals surface area contributed by atoms with Crippen LogP contribution in [0.3, 0.4) is 0 Å². The van der Waals surface area contributed by atoms with E-state index in [4.69, 9.17) is 9.47 Å². The van der Waals surface area contributed by atoms with Crippen molar-refractivity contribution in [1.82, 2.24) is 4.98 Å². The first-order valence-corrected chi connectivity index (χ1v) is 7.52. The van der Waals surface area contributed by atoms with Gasteiger partial charge in [0.15, 0.2) is 0 Å². The second-order valence-corrected chi connectivity index (χ2v) is 5.32. The van der Waals surface area contributed by atoms with E-state index in [1.807, 2.05) is 55.5 Å². The van der Waals surface area contributed by atoms with E-state index in [0.717, 1.165) is 27.9 Å². The highest BCUT2D eigenvalue weighted by Crippen LogP contribution is 2.29. The number of fused-ring (bicyclic) bond motifs is 1. The fourth-order valence-corrected chi connectivity index (χ4v) is 2.63. The number of benzene rings is 2. The maximum Gasteiger partial charge on any atom is 0.341 e. The Balaban J connectivity index is 2.12. The Morgan fingerprint density at radius 1 is 1.04 bits per heavy atom. The summed E-state index contributed by atoms with van der Waals surface area (Å²) in [4.78, 5) is 16.9.